The molecule has 0 saturated heterocycles. The topological polar surface area (TPSA) is 42.4 Å². The second kappa shape index (κ2) is 7.88. The van der Waals surface area contributed by atoms with Gasteiger partial charge in [0.15, 0.2) is 0 Å². The molecular formula is C21H19F3N2O2. The van der Waals surface area contributed by atoms with Crippen molar-refractivity contribution in [2.75, 3.05) is 13.1 Å². The Morgan fingerprint density at radius 1 is 1.04 bits per heavy atom. The maximum atomic E-state index is 13.1. The van der Waals surface area contributed by atoms with Crippen molar-refractivity contribution < 1.29 is 22.7 Å². The fourth-order valence-corrected chi connectivity index (χ4v) is 2.87. The van der Waals surface area contributed by atoms with Crippen LogP contribution in [0.1, 0.15) is 19.4 Å². The molecule has 146 valence electrons. The molecule has 2 aromatic carbocycles. The molecule has 0 fully saturated rings. The van der Waals surface area contributed by atoms with Crippen molar-refractivity contribution in [1.82, 2.24) is 9.88 Å². The highest BCUT2D eigenvalue weighted by atomic mass is 19.4. The summed E-state index contributed by atoms with van der Waals surface area (Å²) in [6, 6.07) is 13.4. The van der Waals surface area contributed by atoms with E-state index >= 15 is 0 Å². The summed E-state index contributed by atoms with van der Waals surface area (Å²) in [5.74, 6) is 0.259. The fourth-order valence-electron chi connectivity index (χ4n) is 2.87. The molecule has 0 radical (unpaired) electrons. The van der Waals surface area contributed by atoms with E-state index in [9.17, 15) is 18.0 Å². The van der Waals surface area contributed by atoms with Crippen LogP contribution in [0.3, 0.4) is 0 Å². The summed E-state index contributed by atoms with van der Waals surface area (Å²) in [5.41, 5.74) is 0.356. The van der Waals surface area contributed by atoms with Crippen molar-refractivity contribution in [2.45, 2.75) is 20.0 Å². The van der Waals surface area contributed by atoms with Gasteiger partial charge in [-0.25, -0.2) is 9.78 Å². The van der Waals surface area contributed by atoms with Crippen LogP contribution in [-0.2, 0) is 6.18 Å². The average molecular weight is 388 g/mol. The molecule has 0 aliphatic carbocycles. The number of halogens is 3. The van der Waals surface area contributed by atoms with Crippen LogP contribution in [0.5, 0.6) is 5.75 Å². The van der Waals surface area contributed by atoms with E-state index in [-0.39, 0.29) is 5.75 Å². The predicted octanol–water partition coefficient (Wildman–Crippen LogP) is 5.76. The Kier molecular flexibility index (Phi) is 5.53. The maximum Gasteiger partial charge on any atom is 0.416 e. The number of alkyl halides is 3. The van der Waals surface area contributed by atoms with E-state index in [1.165, 1.54) is 17.0 Å². The Bertz CT molecular complexity index is 998. The van der Waals surface area contributed by atoms with Crippen molar-refractivity contribution in [2.24, 2.45) is 0 Å². The molecule has 0 aliphatic heterocycles. The van der Waals surface area contributed by atoms with Gasteiger partial charge in [0.1, 0.15) is 5.75 Å². The zero-order chi connectivity index (χ0) is 20.3. The predicted molar refractivity (Wildman–Crippen MR) is 101 cm³/mol. The Labute approximate surface area is 160 Å². The lowest BCUT2D eigenvalue weighted by molar-refractivity contribution is -0.137. The van der Waals surface area contributed by atoms with Crippen molar-refractivity contribution in [3.63, 3.8) is 0 Å². The fraction of sp³-hybridized carbons (Fsp3) is 0.238. The first-order valence-electron chi connectivity index (χ1n) is 8.87. The number of carbonyl (C=O) groups excluding carboxylic acids is 1. The van der Waals surface area contributed by atoms with Gasteiger partial charge in [-0.3, -0.25) is 0 Å². The number of para-hydroxylation sites is 1. The van der Waals surface area contributed by atoms with Crippen molar-refractivity contribution in [3.05, 3.63) is 60.2 Å². The number of hydrogen-bond donors (Lipinski definition) is 0. The van der Waals surface area contributed by atoms with E-state index in [4.69, 9.17) is 4.74 Å². The molecule has 0 unspecified atom stereocenters. The van der Waals surface area contributed by atoms with E-state index in [1.54, 1.807) is 30.3 Å². The molecule has 1 amide bonds. The van der Waals surface area contributed by atoms with Gasteiger partial charge in [0.25, 0.3) is 0 Å². The van der Waals surface area contributed by atoms with Crippen molar-refractivity contribution >= 4 is 17.0 Å². The van der Waals surface area contributed by atoms with Gasteiger partial charge in [-0.05, 0) is 38.1 Å². The second-order valence-electron chi connectivity index (χ2n) is 6.14. The number of amides is 1. The number of rotatable bonds is 4. The van der Waals surface area contributed by atoms with Crippen LogP contribution in [0.2, 0.25) is 0 Å². The third-order valence-corrected chi connectivity index (χ3v) is 4.38. The Balaban J connectivity index is 2.09. The molecule has 1 aromatic heterocycles. The van der Waals surface area contributed by atoms with Gasteiger partial charge in [-0.15, -0.1) is 0 Å². The lowest BCUT2D eigenvalue weighted by atomic mass is 10.1. The summed E-state index contributed by atoms with van der Waals surface area (Å²) in [6.07, 6.45) is -4.97. The maximum absolute atomic E-state index is 13.1. The van der Waals surface area contributed by atoms with Gasteiger partial charge in [-0.1, -0.05) is 24.3 Å². The van der Waals surface area contributed by atoms with Crippen LogP contribution in [0.4, 0.5) is 18.0 Å². The summed E-state index contributed by atoms with van der Waals surface area (Å²) in [6.45, 7) is 4.64. The van der Waals surface area contributed by atoms with Gasteiger partial charge in [-0.2, -0.15) is 13.2 Å². The molecule has 4 nitrogen and oxygen atoms in total. The van der Waals surface area contributed by atoms with Crippen LogP contribution < -0.4 is 4.74 Å². The second-order valence-corrected chi connectivity index (χ2v) is 6.14. The first-order valence-corrected chi connectivity index (χ1v) is 8.87. The van der Waals surface area contributed by atoms with E-state index < -0.39 is 17.8 Å². The van der Waals surface area contributed by atoms with Crippen LogP contribution >= 0.6 is 0 Å². The molecule has 3 rings (SSSR count). The first kappa shape index (κ1) is 19.7. The molecular weight excluding hydrogens is 369 g/mol. The third-order valence-electron chi connectivity index (χ3n) is 4.38. The third kappa shape index (κ3) is 4.08. The number of aromatic nitrogens is 1. The number of pyridine rings is 1. The van der Waals surface area contributed by atoms with Gasteiger partial charge in [0, 0.05) is 30.1 Å². The van der Waals surface area contributed by atoms with E-state index in [2.05, 4.69) is 4.98 Å². The number of nitrogens with zero attached hydrogens (tertiary/aromatic N) is 2. The van der Waals surface area contributed by atoms with Crippen LogP contribution in [0, 0.1) is 0 Å². The van der Waals surface area contributed by atoms with Gasteiger partial charge >= 0.3 is 12.3 Å². The van der Waals surface area contributed by atoms with Crippen LogP contribution in [0.15, 0.2) is 54.6 Å². The zero-order valence-electron chi connectivity index (χ0n) is 15.5. The van der Waals surface area contributed by atoms with Crippen LogP contribution in [-0.4, -0.2) is 29.1 Å². The molecule has 3 aromatic rings. The Hall–Kier alpha value is -3.09. The smallest absolute Gasteiger partial charge is 0.409 e. The highest BCUT2D eigenvalue weighted by Gasteiger charge is 2.30. The lowest BCUT2D eigenvalue weighted by Crippen LogP contribution is -2.33. The normalized spacial score (nSPS) is 11.5. The van der Waals surface area contributed by atoms with Crippen LogP contribution in [0.25, 0.3) is 22.2 Å². The summed E-state index contributed by atoms with van der Waals surface area (Å²) < 4.78 is 44.7. The molecule has 28 heavy (non-hydrogen) atoms. The minimum absolute atomic E-state index is 0.259. The standard InChI is InChI=1S/C21H19F3N2O2/c1-3-26(4-2)20(27)28-19-13-18(25-17-11-6-5-10-16(17)19)14-8-7-9-15(12-14)21(22,23)24/h5-13H,3-4H2,1-2H3. The number of hydrogen-bond acceptors (Lipinski definition) is 3. The van der Waals surface area contributed by atoms with Gasteiger partial charge < -0.3 is 9.64 Å². The molecule has 0 N–H and O–H groups in total. The minimum Gasteiger partial charge on any atom is -0.409 e. The lowest BCUT2D eigenvalue weighted by Gasteiger charge is -2.19. The van der Waals surface area contributed by atoms with Crippen molar-refractivity contribution in [1.29, 1.82) is 0 Å². The number of ether oxygens (including phenoxy) is 1. The minimum atomic E-state index is -4.45. The monoisotopic (exact) mass is 388 g/mol. The quantitative estimate of drug-likeness (QED) is 0.571. The van der Waals surface area contributed by atoms with E-state index in [0.717, 1.165) is 12.1 Å². The molecule has 1 heterocycles. The van der Waals surface area contributed by atoms with E-state index in [1.807, 2.05) is 13.8 Å². The number of benzene rings is 2. The molecule has 0 saturated carbocycles. The van der Waals surface area contributed by atoms with Crippen molar-refractivity contribution in [3.8, 4) is 17.0 Å². The summed E-state index contributed by atoms with van der Waals surface area (Å²) in [5, 5.41) is 0.610. The van der Waals surface area contributed by atoms with E-state index in [0.29, 0.717) is 35.2 Å². The Morgan fingerprint density at radius 3 is 2.43 bits per heavy atom. The molecule has 0 aliphatic rings. The number of fused-ring (bicyclic) bond motifs is 1. The van der Waals surface area contributed by atoms with Gasteiger partial charge in [0.2, 0.25) is 0 Å². The molecule has 0 bridgehead atoms. The first-order chi connectivity index (χ1) is 13.3. The molecule has 0 spiro atoms. The highest BCUT2D eigenvalue weighted by Crippen LogP contribution is 2.34. The number of carbonyl (C=O) groups is 1. The summed E-state index contributed by atoms with van der Waals surface area (Å²) in [4.78, 5) is 18.3. The Morgan fingerprint density at radius 2 is 1.75 bits per heavy atom. The average Bonchev–Trinajstić information content (AvgIpc) is 2.68. The molecule has 0 atom stereocenters. The highest BCUT2D eigenvalue weighted by molar-refractivity contribution is 5.90. The zero-order valence-corrected chi connectivity index (χ0v) is 15.5. The largest absolute Gasteiger partial charge is 0.416 e. The molecule has 7 heteroatoms. The summed E-state index contributed by atoms with van der Waals surface area (Å²) >= 11 is 0. The van der Waals surface area contributed by atoms with Gasteiger partial charge in [0.05, 0.1) is 16.8 Å². The SMILES string of the molecule is CCN(CC)C(=O)Oc1cc(-c2cccc(C(F)(F)F)c2)nc2ccccc12. The summed E-state index contributed by atoms with van der Waals surface area (Å²) in [7, 11) is 0.